The van der Waals surface area contributed by atoms with E-state index in [4.69, 9.17) is 14.7 Å². The molecule has 1 aliphatic carbocycles. The van der Waals surface area contributed by atoms with E-state index in [9.17, 15) is 9.46 Å². The van der Waals surface area contributed by atoms with Gasteiger partial charge in [-0.25, -0.2) is 0 Å². The molecule has 0 radical (unpaired) electrons. The maximum atomic E-state index is 15.1. The topological polar surface area (TPSA) is 88.0 Å². The van der Waals surface area contributed by atoms with Crippen molar-refractivity contribution in [3.8, 4) is 17.2 Å². The van der Waals surface area contributed by atoms with E-state index in [0.29, 0.717) is 33.6 Å². The lowest BCUT2D eigenvalue weighted by Crippen LogP contribution is -2.34. The molecular weight excluding hydrogens is 511 g/mol. The molecule has 0 aromatic heterocycles. The lowest BCUT2D eigenvalue weighted by Gasteiger charge is -2.40. The highest BCUT2D eigenvalue weighted by Gasteiger charge is 2.36. The van der Waals surface area contributed by atoms with Crippen LogP contribution in [0.3, 0.4) is 0 Å². The molecule has 0 saturated heterocycles. The summed E-state index contributed by atoms with van der Waals surface area (Å²) in [5, 5.41) is 11.8. The summed E-state index contributed by atoms with van der Waals surface area (Å²) in [6, 6.07) is 8.97. The Labute approximate surface area is 221 Å². The molecule has 38 heavy (non-hydrogen) atoms. The van der Waals surface area contributed by atoms with Crippen molar-refractivity contribution in [3.63, 3.8) is 0 Å². The Hall–Kier alpha value is -2.77. The van der Waals surface area contributed by atoms with Crippen LogP contribution in [0, 0.1) is 36.8 Å². The molecule has 4 rings (SSSR count). The molecule has 1 fully saturated rings. The summed E-state index contributed by atoms with van der Waals surface area (Å²) in [4.78, 5) is 9.86. The zero-order valence-corrected chi connectivity index (χ0v) is 23.0. The largest absolute Gasteiger partial charge is 0.490 e. The average Bonchev–Trinajstić information content (AvgIpc) is 2.87. The van der Waals surface area contributed by atoms with Gasteiger partial charge in [0.1, 0.15) is 5.75 Å². The number of rotatable bonds is 8. The van der Waals surface area contributed by atoms with Gasteiger partial charge in [-0.2, -0.15) is 8.78 Å². The van der Waals surface area contributed by atoms with E-state index < -0.39 is 19.2 Å². The van der Waals surface area contributed by atoms with Crippen LogP contribution in [0.2, 0.25) is 0 Å². The van der Waals surface area contributed by atoms with Gasteiger partial charge >= 0.3 is 7.52 Å². The molecule has 3 unspecified atom stereocenters. The van der Waals surface area contributed by atoms with E-state index in [1.165, 1.54) is 29.5 Å². The normalized spacial score (nSPS) is 21.4. The standard InChI is InChI=1S/C29H34F2NO5P/c1-6-29(14-17(2)11-18(3)15-29)16-36-24-9-10-25(27(31)26(24)30)37-28-19(4)12-21-13-22(38(34,35)32-33)7-8-23(21)20(28)5/h7-10,12-13,18,33H,2,6,11,14-16H2,1,3-5H3,(H2,32,34,35). The highest BCUT2D eigenvalue weighted by molar-refractivity contribution is 7.63. The Balaban J connectivity index is 1.59. The molecule has 3 aromatic rings. The molecule has 0 spiro atoms. The van der Waals surface area contributed by atoms with Crippen molar-refractivity contribution < 1.29 is 32.9 Å². The first-order valence-corrected chi connectivity index (χ1v) is 14.3. The van der Waals surface area contributed by atoms with Crippen LogP contribution in [0.4, 0.5) is 8.78 Å². The quantitative estimate of drug-likeness (QED) is 0.155. The van der Waals surface area contributed by atoms with Crippen LogP contribution in [0.25, 0.3) is 10.8 Å². The summed E-state index contributed by atoms with van der Waals surface area (Å²) in [7, 11) is -4.10. The fourth-order valence-electron chi connectivity index (χ4n) is 5.64. The van der Waals surface area contributed by atoms with Crippen LogP contribution in [0.1, 0.15) is 50.7 Å². The Bertz CT molecular complexity index is 1440. The number of benzene rings is 3. The van der Waals surface area contributed by atoms with E-state index in [1.807, 2.05) is 0 Å². The first kappa shape index (κ1) is 28.2. The smallest absolute Gasteiger partial charge is 0.319 e. The van der Waals surface area contributed by atoms with Crippen molar-refractivity contribution in [2.45, 2.75) is 53.4 Å². The first-order chi connectivity index (χ1) is 17.9. The fraction of sp³-hybridized carbons (Fsp3) is 0.379. The average molecular weight is 546 g/mol. The van der Waals surface area contributed by atoms with Crippen LogP contribution in [0.15, 0.2) is 48.6 Å². The van der Waals surface area contributed by atoms with E-state index in [1.54, 1.807) is 26.0 Å². The molecule has 0 bridgehead atoms. The van der Waals surface area contributed by atoms with Crippen LogP contribution >= 0.6 is 7.52 Å². The Morgan fingerprint density at radius 2 is 1.84 bits per heavy atom. The Kier molecular flexibility index (Phi) is 8.01. The second-order valence-electron chi connectivity index (χ2n) is 10.6. The van der Waals surface area contributed by atoms with Gasteiger partial charge in [0.2, 0.25) is 11.6 Å². The van der Waals surface area contributed by atoms with Crippen LogP contribution in [-0.2, 0) is 4.57 Å². The predicted molar refractivity (Wildman–Crippen MR) is 145 cm³/mol. The molecule has 0 aliphatic heterocycles. The van der Waals surface area contributed by atoms with Gasteiger partial charge in [0.15, 0.2) is 11.5 Å². The van der Waals surface area contributed by atoms with Gasteiger partial charge in [-0.15, -0.1) is 5.25 Å². The monoisotopic (exact) mass is 545 g/mol. The van der Waals surface area contributed by atoms with Gasteiger partial charge < -0.3 is 19.6 Å². The molecule has 1 aliphatic rings. The number of allylic oxidation sites excluding steroid dienone is 1. The number of hydrogen-bond acceptors (Lipinski definition) is 4. The van der Waals surface area contributed by atoms with Crippen molar-refractivity contribution in [2.75, 3.05) is 6.61 Å². The first-order valence-electron chi connectivity index (χ1n) is 12.6. The number of fused-ring (bicyclic) bond motifs is 1. The van der Waals surface area contributed by atoms with Crippen molar-refractivity contribution >= 4 is 23.6 Å². The second-order valence-corrected chi connectivity index (χ2v) is 12.5. The summed E-state index contributed by atoms with van der Waals surface area (Å²) in [5.41, 5.74) is 2.28. The minimum atomic E-state index is -4.10. The molecule has 1 saturated carbocycles. The summed E-state index contributed by atoms with van der Waals surface area (Å²) >= 11 is 0. The third kappa shape index (κ3) is 5.50. The van der Waals surface area contributed by atoms with Gasteiger partial charge in [0, 0.05) is 5.41 Å². The van der Waals surface area contributed by atoms with Gasteiger partial charge in [0.05, 0.1) is 11.9 Å². The molecular formula is C29H34F2NO5P. The zero-order chi connectivity index (χ0) is 27.8. The predicted octanol–water partition coefficient (Wildman–Crippen LogP) is 7.47. The highest BCUT2D eigenvalue weighted by atomic mass is 31.2. The third-order valence-electron chi connectivity index (χ3n) is 7.55. The van der Waals surface area contributed by atoms with Crippen LogP contribution < -0.4 is 20.0 Å². The maximum absolute atomic E-state index is 15.1. The van der Waals surface area contributed by atoms with Gasteiger partial charge in [-0.1, -0.05) is 32.1 Å². The van der Waals surface area contributed by atoms with E-state index in [-0.39, 0.29) is 28.8 Å². The van der Waals surface area contributed by atoms with Crippen molar-refractivity contribution in [3.05, 3.63) is 71.3 Å². The fourth-order valence-corrected chi connectivity index (χ4v) is 6.34. The van der Waals surface area contributed by atoms with Gasteiger partial charge in [-0.05, 0) is 97.7 Å². The zero-order valence-electron chi connectivity index (χ0n) is 22.1. The number of halogens is 2. The van der Waals surface area contributed by atoms with Crippen LogP contribution in [-0.4, -0.2) is 16.7 Å². The number of aryl methyl sites for hydroxylation is 2. The van der Waals surface area contributed by atoms with Gasteiger partial charge in [-0.3, -0.25) is 4.57 Å². The summed E-state index contributed by atoms with van der Waals surface area (Å²) in [6.07, 6.45) is 3.60. The molecule has 0 heterocycles. The molecule has 3 aromatic carbocycles. The Morgan fingerprint density at radius 1 is 1.16 bits per heavy atom. The molecule has 0 amide bonds. The second kappa shape index (κ2) is 10.8. The van der Waals surface area contributed by atoms with Crippen molar-refractivity contribution in [2.24, 2.45) is 11.3 Å². The minimum absolute atomic E-state index is 0.0283. The summed E-state index contributed by atoms with van der Waals surface area (Å²) in [5.74, 6) is -1.85. The SMILES string of the molecule is C=C1CC(C)CC(CC)(COc2ccc(Oc3c(C)cc4cc(P(=O)(O)NO)ccc4c3C)c(F)c2F)C1. The number of nitrogens with one attached hydrogen (secondary N) is 1. The lowest BCUT2D eigenvalue weighted by atomic mass is 9.67. The molecule has 204 valence electrons. The summed E-state index contributed by atoms with van der Waals surface area (Å²) < 4.78 is 54.0. The number of hydrogen-bond donors (Lipinski definition) is 3. The maximum Gasteiger partial charge on any atom is 0.319 e. The molecule has 3 atom stereocenters. The van der Waals surface area contributed by atoms with Crippen molar-refractivity contribution in [1.29, 1.82) is 0 Å². The molecule has 3 N–H and O–H groups in total. The number of ether oxygens (including phenoxy) is 2. The lowest BCUT2D eigenvalue weighted by molar-refractivity contribution is 0.0883. The van der Waals surface area contributed by atoms with E-state index >= 15 is 8.78 Å². The summed E-state index contributed by atoms with van der Waals surface area (Å²) in [6.45, 7) is 12.2. The Morgan fingerprint density at radius 3 is 2.50 bits per heavy atom. The molecule has 9 heteroatoms. The van der Waals surface area contributed by atoms with Gasteiger partial charge in [0.25, 0.3) is 0 Å². The minimum Gasteiger partial charge on any atom is -0.490 e. The van der Waals surface area contributed by atoms with E-state index in [2.05, 4.69) is 20.4 Å². The van der Waals surface area contributed by atoms with E-state index in [0.717, 1.165) is 31.3 Å². The highest BCUT2D eigenvalue weighted by Crippen LogP contribution is 2.45. The van der Waals surface area contributed by atoms with Crippen molar-refractivity contribution in [1.82, 2.24) is 5.25 Å². The molecule has 6 nitrogen and oxygen atoms in total. The van der Waals surface area contributed by atoms with Crippen LogP contribution in [0.5, 0.6) is 17.2 Å². The third-order valence-corrected chi connectivity index (χ3v) is 8.80.